The van der Waals surface area contributed by atoms with Crippen LogP contribution in [0.25, 0.3) is 0 Å². The summed E-state index contributed by atoms with van der Waals surface area (Å²) in [7, 11) is 0. The molecule has 0 aromatic heterocycles. The van der Waals surface area contributed by atoms with Crippen LogP contribution >= 0.6 is 0 Å². The Morgan fingerprint density at radius 2 is 1.80 bits per heavy atom. The maximum absolute atomic E-state index is 11.1. The molecule has 0 N–H and O–H groups in total. The van der Waals surface area contributed by atoms with Crippen molar-refractivity contribution < 1.29 is 14.3 Å². The molecule has 0 unspecified atom stereocenters. The maximum Gasteiger partial charge on any atom is 0.162 e. The highest BCUT2D eigenvalue weighted by molar-refractivity contribution is 5.78. The number of hydrogen-bond donors (Lipinski definition) is 0. The summed E-state index contributed by atoms with van der Waals surface area (Å²) in [6, 6.07) is 15.6. The highest BCUT2D eigenvalue weighted by Gasteiger charge is 2.21. The number of carbonyl (C=O) groups excluding carboxylic acids is 1. The SMILES string of the molecule is CC(=O)Cc1ccc([C@H]2COc3ccccc3O2)cc1. The Morgan fingerprint density at radius 3 is 2.50 bits per heavy atom. The molecule has 3 heteroatoms. The van der Waals surface area contributed by atoms with Crippen LogP contribution in [-0.4, -0.2) is 12.4 Å². The zero-order valence-electron chi connectivity index (χ0n) is 11.3. The molecule has 102 valence electrons. The van der Waals surface area contributed by atoms with Gasteiger partial charge >= 0.3 is 0 Å². The predicted molar refractivity (Wildman–Crippen MR) is 76.1 cm³/mol. The second-order valence-corrected chi connectivity index (χ2v) is 4.98. The monoisotopic (exact) mass is 268 g/mol. The topological polar surface area (TPSA) is 35.5 Å². The first-order chi connectivity index (χ1) is 9.72. The molecule has 1 atom stereocenters. The number of ether oxygens (including phenoxy) is 2. The molecule has 2 aromatic carbocycles. The van der Waals surface area contributed by atoms with Crippen molar-refractivity contribution in [1.82, 2.24) is 0 Å². The number of rotatable bonds is 3. The van der Waals surface area contributed by atoms with Gasteiger partial charge in [-0.3, -0.25) is 4.79 Å². The summed E-state index contributed by atoms with van der Waals surface area (Å²) >= 11 is 0. The normalized spacial score (nSPS) is 16.8. The summed E-state index contributed by atoms with van der Waals surface area (Å²) in [6.07, 6.45) is 0.377. The van der Waals surface area contributed by atoms with Crippen molar-refractivity contribution in [2.24, 2.45) is 0 Å². The van der Waals surface area contributed by atoms with Gasteiger partial charge < -0.3 is 9.47 Å². The maximum atomic E-state index is 11.1. The molecule has 3 nitrogen and oxygen atoms in total. The Labute approximate surface area is 118 Å². The van der Waals surface area contributed by atoms with Gasteiger partial charge in [0.15, 0.2) is 17.6 Å². The first-order valence-corrected chi connectivity index (χ1v) is 6.69. The fourth-order valence-corrected chi connectivity index (χ4v) is 2.32. The lowest BCUT2D eigenvalue weighted by atomic mass is 10.0. The van der Waals surface area contributed by atoms with Crippen LogP contribution in [0.2, 0.25) is 0 Å². The summed E-state index contributed by atoms with van der Waals surface area (Å²) in [5.74, 6) is 1.73. The molecule has 2 aromatic rings. The van der Waals surface area contributed by atoms with Crippen molar-refractivity contribution in [3.05, 3.63) is 59.7 Å². The van der Waals surface area contributed by atoms with E-state index in [4.69, 9.17) is 9.47 Å². The van der Waals surface area contributed by atoms with Crippen LogP contribution in [0.1, 0.15) is 24.2 Å². The number of ketones is 1. The first-order valence-electron chi connectivity index (χ1n) is 6.69. The smallest absolute Gasteiger partial charge is 0.162 e. The van der Waals surface area contributed by atoms with Gasteiger partial charge in [-0.2, -0.15) is 0 Å². The van der Waals surface area contributed by atoms with Crippen molar-refractivity contribution in [2.75, 3.05) is 6.61 Å². The van der Waals surface area contributed by atoms with Crippen molar-refractivity contribution in [1.29, 1.82) is 0 Å². The minimum Gasteiger partial charge on any atom is -0.485 e. The lowest BCUT2D eigenvalue weighted by Crippen LogP contribution is -2.21. The van der Waals surface area contributed by atoms with Gasteiger partial charge in [-0.05, 0) is 30.2 Å². The van der Waals surface area contributed by atoms with E-state index >= 15 is 0 Å². The van der Waals surface area contributed by atoms with Crippen molar-refractivity contribution in [3.8, 4) is 11.5 Å². The van der Waals surface area contributed by atoms with Crippen LogP contribution in [0, 0.1) is 0 Å². The van der Waals surface area contributed by atoms with Gasteiger partial charge in [0, 0.05) is 6.42 Å². The van der Waals surface area contributed by atoms with Gasteiger partial charge in [0.2, 0.25) is 0 Å². The number of fused-ring (bicyclic) bond motifs is 1. The molecule has 0 fully saturated rings. The van der Waals surface area contributed by atoms with E-state index in [0.29, 0.717) is 13.0 Å². The third kappa shape index (κ3) is 2.67. The largest absolute Gasteiger partial charge is 0.485 e. The minimum atomic E-state index is -0.101. The predicted octanol–water partition coefficient (Wildman–Crippen LogP) is 3.33. The Hall–Kier alpha value is -2.29. The molecule has 1 aliphatic rings. The molecule has 3 rings (SSSR count). The van der Waals surface area contributed by atoms with Crippen molar-refractivity contribution in [3.63, 3.8) is 0 Å². The molecule has 0 amide bonds. The fourth-order valence-electron chi connectivity index (χ4n) is 2.32. The first kappa shape index (κ1) is 12.7. The fraction of sp³-hybridized carbons (Fsp3) is 0.235. The average Bonchev–Trinajstić information content (AvgIpc) is 2.47. The molecule has 1 aliphatic heterocycles. The van der Waals surface area contributed by atoms with Crippen molar-refractivity contribution >= 4 is 5.78 Å². The van der Waals surface area contributed by atoms with Gasteiger partial charge in [-0.25, -0.2) is 0 Å². The number of carbonyl (C=O) groups is 1. The molecule has 0 aliphatic carbocycles. The highest BCUT2D eigenvalue weighted by Crippen LogP contribution is 2.35. The van der Waals surface area contributed by atoms with E-state index in [1.807, 2.05) is 48.5 Å². The molecule has 0 spiro atoms. The number of para-hydroxylation sites is 2. The quantitative estimate of drug-likeness (QED) is 0.856. The summed E-state index contributed by atoms with van der Waals surface area (Å²) < 4.78 is 11.7. The third-order valence-corrected chi connectivity index (χ3v) is 3.31. The zero-order valence-corrected chi connectivity index (χ0v) is 11.3. The number of hydrogen-bond acceptors (Lipinski definition) is 3. The zero-order chi connectivity index (χ0) is 13.9. The summed E-state index contributed by atoms with van der Waals surface area (Å²) in [5, 5.41) is 0. The Morgan fingerprint density at radius 1 is 1.10 bits per heavy atom. The van der Waals surface area contributed by atoms with Gasteiger partial charge in [-0.1, -0.05) is 36.4 Å². The second kappa shape index (κ2) is 5.37. The molecule has 1 heterocycles. The summed E-state index contributed by atoms with van der Waals surface area (Å²) in [6.45, 7) is 2.10. The van der Waals surface area contributed by atoms with Crippen molar-refractivity contribution in [2.45, 2.75) is 19.4 Å². The second-order valence-electron chi connectivity index (χ2n) is 4.98. The molecular formula is C17H16O3. The molecule has 20 heavy (non-hydrogen) atoms. The summed E-state index contributed by atoms with van der Waals surface area (Å²) in [4.78, 5) is 11.1. The van der Waals surface area contributed by atoms with E-state index in [-0.39, 0.29) is 11.9 Å². The third-order valence-electron chi connectivity index (χ3n) is 3.31. The van der Waals surface area contributed by atoms with Gasteiger partial charge in [0.1, 0.15) is 12.4 Å². The lowest BCUT2D eigenvalue weighted by Gasteiger charge is -2.26. The van der Waals surface area contributed by atoms with Crippen LogP contribution in [0.5, 0.6) is 11.5 Å². The highest BCUT2D eigenvalue weighted by atomic mass is 16.6. The molecule has 0 saturated heterocycles. The Bertz CT molecular complexity index is 616. The van der Waals surface area contributed by atoms with Gasteiger partial charge in [-0.15, -0.1) is 0 Å². The van der Waals surface area contributed by atoms with Gasteiger partial charge in [0.25, 0.3) is 0 Å². The van der Waals surface area contributed by atoms with Crippen LogP contribution < -0.4 is 9.47 Å². The van der Waals surface area contributed by atoms with Crippen LogP contribution in [-0.2, 0) is 11.2 Å². The average molecular weight is 268 g/mol. The molecule has 0 radical (unpaired) electrons. The summed E-state index contributed by atoms with van der Waals surface area (Å²) in [5.41, 5.74) is 2.09. The van der Waals surface area contributed by atoms with E-state index in [0.717, 1.165) is 22.6 Å². The van der Waals surface area contributed by atoms with E-state index in [9.17, 15) is 4.79 Å². The standard InChI is InChI=1S/C17H16O3/c1-12(18)10-13-6-8-14(9-7-13)17-11-19-15-4-2-3-5-16(15)20-17/h2-9,17H,10-11H2,1H3/t17-/m1/s1. The molecule has 0 bridgehead atoms. The molecule has 0 saturated carbocycles. The number of Topliss-reactive ketones (excluding diaryl/α,β-unsaturated/α-hetero) is 1. The minimum absolute atomic E-state index is 0.101. The van der Waals surface area contributed by atoms with Crippen LogP contribution in [0.3, 0.4) is 0 Å². The Kier molecular flexibility index (Phi) is 3.42. The van der Waals surface area contributed by atoms with E-state index < -0.39 is 0 Å². The number of benzene rings is 2. The van der Waals surface area contributed by atoms with E-state index in [2.05, 4.69) is 0 Å². The Balaban J connectivity index is 1.76. The van der Waals surface area contributed by atoms with Gasteiger partial charge in [0.05, 0.1) is 0 Å². The van der Waals surface area contributed by atoms with Crippen LogP contribution in [0.15, 0.2) is 48.5 Å². The van der Waals surface area contributed by atoms with Crippen LogP contribution in [0.4, 0.5) is 0 Å². The molecular weight excluding hydrogens is 252 g/mol. The van der Waals surface area contributed by atoms with E-state index in [1.54, 1.807) is 6.92 Å². The lowest BCUT2D eigenvalue weighted by molar-refractivity contribution is -0.116. The van der Waals surface area contributed by atoms with E-state index in [1.165, 1.54) is 0 Å².